The quantitative estimate of drug-likeness (QED) is 0.0888. The molecule has 0 amide bonds. The van der Waals surface area contributed by atoms with E-state index in [1.54, 1.807) is 0 Å². The first kappa shape index (κ1) is 32.3. The van der Waals surface area contributed by atoms with Crippen LogP contribution in [0.4, 0.5) is 4.79 Å². The zero-order chi connectivity index (χ0) is 24.1. The minimum absolute atomic E-state index is 0.457. The highest BCUT2D eigenvalue weighted by Gasteiger charge is 2.01. The molecule has 0 bridgehead atoms. The lowest BCUT2D eigenvalue weighted by atomic mass is 10.0. The third kappa shape index (κ3) is 29.2. The van der Waals surface area contributed by atoms with Gasteiger partial charge >= 0.3 is 6.16 Å². The predicted molar refractivity (Wildman–Crippen MR) is 144 cm³/mol. The molecule has 0 aromatic rings. The molecule has 0 radical (unpaired) electrons. The fourth-order valence-electron chi connectivity index (χ4n) is 4.45. The van der Waals surface area contributed by atoms with Gasteiger partial charge in [-0.05, 0) is 12.8 Å². The van der Waals surface area contributed by atoms with Crippen LogP contribution in [0.1, 0.15) is 174 Å². The van der Waals surface area contributed by atoms with Crippen molar-refractivity contribution in [2.24, 2.45) is 0 Å². The second-order valence-corrected chi connectivity index (χ2v) is 10.1. The maximum Gasteiger partial charge on any atom is 0.508 e. The molecule has 0 unspecified atom stereocenters. The number of hydrogen-bond donors (Lipinski definition) is 0. The minimum Gasteiger partial charge on any atom is -0.434 e. The van der Waals surface area contributed by atoms with Crippen molar-refractivity contribution in [2.75, 3.05) is 13.2 Å². The van der Waals surface area contributed by atoms with Gasteiger partial charge in [0.15, 0.2) is 0 Å². The summed E-state index contributed by atoms with van der Waals surface area (Å²) < 4.78 is 9.92. The monoisotopic (exact) mass is 468 g/mol. The number of carbonyl (C=O) groups excluding carboxylic acids is 1. The average Bonchev–Trinajstić information content (AvgIpc) is 2.82. The molecule has 0 rings (SSSR count). The highest BCUT2D eigenvalue weighted by molar-refractivity contribution is 5.59. The SMILES string of the molecule is CCCCCCCCCCCCCCCCCCCCCCCCCCOC(=O)OCCC. The maximum absolute atomic E-state index is 11.2. The summed E-state index contributed by atoms with van der Waals surface area (Å²) in [5, 5.41) is 0. The van der Waals surface area contributed by atoms with Crippen molar-refractivity contribution >= 4 is 6.16 Å². The molecule has 0 saturated carbocycles. The fourth-order valence-corrected chi connectivity index (χ4v) is 4.45. The Hall–Kier alpha value is -0.730. The van der Waals surface area contributed by atoms with Gasteiger partial charge in [-0.1, -0.05) is 162 Å². The Balaban J connectivity index is 3.04. The molecule has 198 valence electrons. The largest absolute Gasteiger partial charge is 0.508 e. The molecular weight excluding hydrogens is 408 g/mol. The molecule has 0 spiro atoms. The van der Waals surface area contributed by atoms with Gasteiger partial charge in [0.1, 0.15) is 0 Å². The summed E-state index contributed by atoms with van der Waals surface area (Å²) in [6, 6.07) is 0. The van der Waals surface area contributed by atoms with Crippen LogP contribution in [-0.2, 0) is 9.47 Å². The maximum atomic E-state index is 11.2. The second kappa shape index (κ2) is 29.3. The summed E-state index contributed by atoms with van der Waals surface area (Å²) in [5.74, 6) is 0. The van der Waals surface area contributed by atoms with Crippen LogP contribution in [0.3, 0.4) is 0 Å². The zero-order valence-electron chi connectivity index (χ0n) is 22.8. The zero-order valence-corrected chi connectivity index (χ0v) is 22.8. The van der Waals surface area contributed by atoms with E-state index < -0.39 is 6.16 Å². The Morgan fingerprint density at radius 2 is 0.636 bits per heavy atom. The highest BCUT2D eigenvalue weighted by Crippen LogP contribution is 2.15. The van der Waals surface area contributed by atoms with Crippen LogP contribution in [0.2, 0.25) is 0 Å². The third-order valence-electron chi connectivity index (χ3n) is 6.64. The Bertz CT molecular complexity index is 370. The lowest BCUT2D eigenvalue weighted by molar-refractivity contribution is 0.0541. The van der Waals surface area contributed by atoms with Crippen LogP contribution in [-0.4, -0.2) is 19.4 Å². The van der Waals surface area contributed by atoms with Gasteiger partial charge in [0.25, 0.3) is 0 Å². The summed E-state index contributed by atoms with van der Waals surface area (Å²) in [6.45, 7) is 5.23. The van der Waals surface area contributed by atoms with Gasteiger partial charge in [-0.2, -0.15) is 0 Å². The summed E-state index contributed by atoms with van der Waals surface area (Å²) in [4.78, 5) is 11.2. The van der Waals surface area contributed by atoms with Crippen molar-refractivity contribution in [1.82, 2.24) is 0 Å². The molecule has 0 fully saturated rings. The molecule has 0 aliphatic carbocycles. The van der Waals surface area contributed by atoms with Gasteiger partial charge in [-0.15, -0.1) is 0 Å². The number of hydrogen-bond acceptors (Lipinski definition) is 3. The molecule has 0 N–H and O–H groups in total. The van der Waals surface area contributed by atoms with Crippen LogP contribution < -0.4 is 0 Å². The number of rotatable bonds is 27. The van der Waals surface area contributed by atoms with Crippen LogP contribution in [0, 0.1) is 0 Å². The summed E-state index contributed by atoms with van der Waals surface area (Å²) in [5.41, 5.74) is 0. The smallest absolute Gasteiger partial charge is 0.434 e. The van der Waals surface area contributed by atoms with Crippen LogP contribution in [0.25, 0.3) is 0 Å². The van der Waals surface area contributed by atoms with Crippen LogP contribution >= 0.6 is 0 Å². The van der Waals surface area contributed by atoms with E-state index in [1.165, 1.54) is 141 Å². The van der Waals surface area contributed by atoms with E-state index in [9.17, 15) is 4.79 Å². The lowest BCUT2D eigenvalue weighted by Gasteiger charge is -2.05. The van der Waals surface area contributed by atoms with Gasteiger partial charge in [0, 0.05) is 0 Å². The summed E-state index contributed by atoms with van der Waals surface area (Å²) in [7, 11) is 0. The molecule has 3 heteroatoms. The first-order valence-corrected chi connectivity index (χ1v) is 15.1. The third-order valence-corrected chi connectivity index (χ3v) is 6.64. The highest BCUT2D eigenvalue weighted by atomic mass is 16.7. The number of ether oxygens (including phenoxy) is 2. The Labute approximate surface area is 208 Å². The van der Waals surface area contributed by atoms with Gasteiger partial charge in [-0.25, -0.2) is 4.79 Å². The number of unbranched alkanes of at least 4 members (excludes halogenated alkanes) is 23. The first-order valence-electron chi connectivity index (χ1n) is 15.1. The standard InChI is InChI=1S/C30H60O3/c1-3-5-6-7-8-9-10-11-12-13-14-15-16-17-18-19-20-21-22-23-24-25-26-27-29-33-30(31)32-28-4-2/h3-29H2,1-2H3. The molecule has 0 atom stereocenters. The summed E-state index contributed by atoms with van der Waals surface area (Å²) in [6.07, 6.45) is 33.8. The molecule has 0 aromatic carbocycles. The molecule has 3 nitrogen and oxygen atoms in total. The van der Waals surface area contributed by atoms with Crippen molar-refractivity contribution in [2.45, 2.75) is 174 Å². The van der Waals surface area contributed by atoms with Crippen molar-refractivity contribution in [3.63, 3.8) is 0 Å². The minimum atomic E-state index is -0.508. The molecule has 0 saturated heterocycles. The number of carbonyl (C=O) groups is 1. The van der Waals surface area contributed by atoms with E-state index >= 15 is 0 Å². The Morgan fingerprint density at radius 3 is 0.939 bits per heavy atom. The lowest BCUT2D eigenvalue weighted by Crippen LogP contribution is -2.08. The van der Waals surface area contributed by atoms with Crippen LogP contribution in [0.15, 0.2) is 0 Å². The molecule has 0 heterocycles. The second-order valence-electron chi connectivity index (χ2n) is 10.1. The fraction of sp³-hybridized carbons (Fsp3) is 0.967. The molecular formula is C30H60O3. The Kier molecular flexibility index (Phi) is 28.7. The van der Waals surface area contributed by atoms with E-state index in [1.807, 2.05) is 6.92 Å². The van der Waals surface area contributed by atoms with Gasteiger partial charge in [-0.3, -0.25) is 0 Å². The van der Waals surface area contributed by atoms with Crippen molar-refractivity contribution < 1.29 is 14.3 Å². The summed E-state index contributed by atoms with van der Waals surface area (Å²) >= 11 is 0. The topological polar surface area (TPSA) is 35.5 Å². The molecule has 0 aromatic heterocycles. The molecule has 0 aliphatic heterocycles. The van der Waals surface area contributed by atoms with Gasteiger partial charge < -0.3 is 9.47 Å². The van der Waals surface area contributed by atoms with Crippen molar-refractivity contribution in [1.29, 1.82) is 0 Å². The van der Waals surface area contributed by atoms with E-state index in [0.29, 0.717) is 13.2 Å². The first-order chi connectivity index (χ1) is 16.3. The predicted octanol–water partition coefficient (Wildman–Crippen LogP) is 10.9. The van der Waals surface area contributed by atoms with Gasteiger partial charge in [0.05, 0.1) is 13.2 Å². The Morgan fingerprint density at radius 1 is 0.364 bits per heavy atom. The van der Waals surface area contributed by atoms with Crippen LogP contribution in [0.5, 0.6) is 0 Å². The van der Waals surface area contributed by atoms with E-state index in [4.69, 9.17) is 9.47 Å². The van der Waals surface area contributed by atoms with E-state index in [2.05, 4.69) is 6.92 Å². The average molecular weight is 469 g/mol. The van der Waals surface area contributed by atoms with Gasteiger partial charge in [0.2, 0.25) is 0 Å². The normalized spacial score (nSPS) is 11.1. The molecule has 0 aliphatic rings. The molecule has 33 heavy (non-hydrogen) atoms. The van der Waals surface area contributed by atoms with Crippen molar-refractivity contribution in [3.05, 3.63) is 0 Å². The van der Waals surface area contributed by atoms with E-state index in [-0.39, 0.29) is 0 Å². The van der Waals surface area contributed by atoms with E-state index in [0.717, 1.165) is 19.3 Å². The van der Waals surface area contributed by atoms with Crippen molar-refractivity contribution in [3.8, 4) is 0 Å².